The van der Waals surface area contributed by atoms with Crippen LogP contribution in [0.5, 0.6) is 0 Å². The number of carbonyl (C=O) groups is 2. The maximum absolute atomic E-state index is 13.3. The molecule has 0 aliphatic heterocycles. The van der Waals surface area contributed by atoms with E-state index in [2.05, 4.69) is 15.7 Å². The molecule has 0 aliphatic carbocycles. The summed E-state index contributed by atoms with van der Waals surface area (Å²) in [5.41, 5.74) is 4.85. The Labute approximate surface area is 186 Å². The first-order valence-electron chi connectivity index (χ1n) is 10.5. The van der Waals surface area contributed by atoms with E-state index in [-0.39, 0.29) is 17.7 Å². The number of benzene rings is 2. The lowest BCUT2D eigenvalue weighted by atomic mass is 10.0. The minimum absolute atomic E-state index is 0.0542. The first kappa shape index (κ1) is 21.2. The third-order valence-corrected chi connectivity index (χ3v) is 5.22. The fourth-order valence-corrected chi connectivity index (χ4v) is 3.50. The average Bonchev–Trinajstić information content (AvgIpc) is 3.08. The van der Waals surface area contributed by atoms with E-state index in [1.165, 1.54) is 0 Å². The predicted octanol–water partition coefficient (Wildman–Crippen LogP) is 4.79. The number of pyridine rings is 1. The zero-order valence-corrected chi connectivity index (χ0v) is 18.5. The van der Waals surface area contributed by atoms with E-state index < -0.39 is 0 Å². The van der Waals surface area contributed by atoms with E-state index in [0.717, 1.165) is 16.6 Å². The highest BCUT2D eigenvalue weighted by molar-refractivity contribution is 6.13. The van der Waals surface area contributed by atoms with Gasteiger partial charge in [0.2, 0.25) is 5.91 Å². The Kier molecular flexibility index (Phi) is 5.73. The summed E-state index contributed by atoms with van der Waals surface area (Å²) >= 11 is 0. The van der Waals surface area contributed by atoms with Gasteiger partial charge in [-0.25, -0.2) is 4.98 Å². The van der Waals surface area contributed by atoms with Crippen molar-refractivity contribution in [2.75, 3.05) is 10.6 Å². The van der Waals surface area contributed by atoms with E-state index >= 15 is 0 Å². The number of hydrogen-bond donors (Lipinski definition) is 2. The molecular formula is C25H25N5O2. The number of amides is 2. The molecule has 0 bridgehead atoms. The van der Waals surface area contributed by atoms with Crippen molar-refractivity contribution in [3.63, 3.8) is 0 Å². The van der Waals surface area contributed by atoms with Gasteiger partial charge in [-0.2, -0.15) is 5.10 Å². The summed E-state index contributed by atoms with van der Waals surface area (Å²) in [4.78, 5) is 29.9. The smallest absolute Gasteiger partial charge is 0.256 e. The van der Waals surface area contributed by atoms with Crippen LogP contribution in [-0.4, -0.2) is 26.6 Å². The zero-order valence-electron chi connectivity index (χ0n) is 18.5. The highest BCUT2D eigenvalue weighted by Gasteiger charge is 2.19. The Bertz CT molecular complexity index is 1290. The van der Waals surface area contributed by atoms with E-state index in [1.54, 1.807) is 35.0 Å². The van der Waals surface area contributed by atoms with Crippen LogP contribution in [0.2, 0.25) is 0 Å². The summed E-state index contributed by atoms with van der Waals surface area (Å²) in [6.45, 7) is 5.54. The molecule has 32 heavy (non-hydrogen) atoms. The second-order valence-electron chi connectivity index (χ2n) is 8.00. The van der Waals surface area contributed by atoms with Gasteiger partial charge in [0.05, 0.1) is 22.3 Å². The lowest BCUT2D eigenvalue weighted by Gasteiger charge is -2.11. The maximum atomic E-state index is 13.3. The van der Waals surface area contributed by atoms with Crippen LogP contribution in [0, 0.1) is 12.8 Å². The number of carbonyl (C=O) groups excluding carboxylic acids is 2. The molecule has 162 valence electrons. The molecule has 4 rings (SSSR count). The molecule has 0 spiro atoms. The summed E-state index contributed by atoms with van der Waals surface area (Å²) in [5, 5.41) is 11.0. The third-order valence-electron chi connectivity index (χ3n) is 5.22. The number of rotatable bonds is 5. The number of fused-ring (bicyclic) bond motifs is 1. The Morgan fingerprint density at radius 3 is 2.19 bits per heavy atom. The molecule has 0 radical (unpaired) electrons. The topological polar surface area (TPSA) is 88.9 Å². The van der Waals surface area contributed by atoms with Gasteiger partial charge >= 0.3 is 0 Å². The third kappa shape index (κ3) is 4.23. The molecule has 7 nitrogen and oxygen atoms in total. The van der Waals surface area contributed by atoms with Crippen molar-refractivity contribution < 1.29 is 9.59 Å². The van der Waals surface area contributed by atoms with Gasteiger partial charge in [-0.05, 0) is 37.3 Å². The van der Waals surface area contributed by atoms with E-state index in [9.17, 15) is 9.59 Å². The molecule has 0 atom stereocenters. The van der Waals surface area contributed by atoms with Gasteiger partial charge in [0, 0.05) is 29.9 Å². The van der Waals surface area contributed by atoms with Crippen LogP contribution >= 0.6 is 0 Å². The lowest BCUT2D eigenvalue weighted by Crippen LogP contribution is -2.17. The standard InChI is InChI=1S/C25H25N5O2/c1-15(2)24(31)26-18-10-12-19(13-11-18)27-25(32)20-14-21(17-8-6-5-7-9-17)28-23-22(20)16(3)29-30(23)4/h5-15H,1-4H3,(H,26,31)(H,27,32). The highest BCUT2D eigenvalue weighted by atomic mass is 16.2. The van der Waals surface area contributed by atoms with Gasteiger partial charge in [-0.1, -0.05) is 44.2 Å². The van der Waals surface area contributed by atoms with Crippen LogP contribution in [0.15, 0.2) is 60.7 Å². The van der Waals surface area contributed by atoms with Crippen molar-refractivity contribution in [2.45, 2.75) is 20.8 Å². The Morgan fingerprint density at radius 1 is 0.938 bits per heavy atom. The minimum Gasteiger partial charge on any atom is -0.326 e. The van der Waals surface area contributed by atoms with Crippen molar-refractivity contribution in [3.05, 3.63) is 71.9 Å². The summed E-state index contributed by atoms with van der Waals surface area (Å²) in [6, 6.07) is 18.6. The van der Waals surface area contributed by atoms with Crippen molar-refractivity contribution in [1.82, 2.24) is 14.8 Å². The molecule has 0 saturated heterocycles. The molecule has 7 heteroatoms. The molecule has 2 N–H and O–H groups in total. The fourth-order valence-electron chi connectivity index (χ4n) is 3.50. The summed E-state index contributed by atoms with van der Waals surface area (Å²) in [5.74, 6) is -0.406. The molecule has 4 aromatic rings. The monoisotopic (exact) mass is 427 g/mol. The van der Waals surface area contributed by atoms with Gasteiger partial charge in [-0.15, -0.1) is 0 Å². The Morgan fingerprint density at radius 2 is 1.56 bits per heavy atom. The largest absolute Gasteiger partial charge is 0.326 e. The van der Waals surface area contributed by atoms with Gasteiger partial charge in [0.15, 0.2) is 5.65 Å². The predicted molar refractivity (Wildman–Crippen MR) is 127 cm³/mol. The molecule has 2 aromatic heterocycles. The number of anilines is 2. The number of aryl methyl sites for hydroxylation is 2. The molecule has 0 unspecified atom stereocenters. The first-order chi connectivity index (χ1) is 15.3. The molecular weight excluding hydrogens is 402 g/mol. The van der Waals surface area contributed by atoms with Gasteiger partial charge < -0.3 is 10.6 Å². The number of hydrogen-bond acceptors (Lipinski definition) is 4. The second kappa shape index (κ2) is 8.63. The molecule has 0 aliphatic rings. The van der Waals surface area contributed by atoms with Crippen LogP contribution in [0.25, 0.3) is 22.3 Å². The Balaban J connectivity index is 1.67. The normalized spacial score (nSPS) is 11.0. The van der Waals surface area contributed by atoms with E-state index in [0.29, 0.717) is 28.3 Å². The van der Waals surface area contributed by atoms with Crippen molar-refractivity contribution >= 4 is 34.2 Å². The van der Waals surface area contributed by atoms with E-state index in [4.69, 9.17) is 4.98 Å². The molecule has 2 aromatic carbocycles. The SMILES string of the molecule is Cc1nn(C)c2nc(-c3ccccc3)cc(C(=O)Nc3ccc(NC(=O)C(C)C)cc3)c12. The Hall–Kier alpha value is -4.00. The van der Waals surface area contributed by atoms with Crippen molar-refractivity contribution in [2.24, 2.45) is 13.0 Å². The second-order valence-corrected chi connectivity index (χ2v) is 8.00. The number of nitrogens with zero attached hydrogens (tertiary/aromatic N) is 3. The molecule has 2 heterocycles. The van der Waals surface area contributed by atoms with Crippen LogP contribution in [-0.2, 0) is 11.8 Å². The van der Waals surface area contributed by atoms with Crippen molar-refractivity contribution in [1.29, 1.82) is 0 Å². The van der Waals surface area contributed by atoms with Crippen LogP contribution in [0.4, 0.5) is 11.4 Å². The molecule has 0 saturated carbocycles. The highest BCUT2D eigenvalue weighted by Crippen LogP contribution is 2.27. The van der Waals surface area contributed by atoms with Gasteiger partial charge in [-0.3, -0.25) is 14.3 Å². The summed E-state index contributed by atoms with van der Waals surface area (Å²) in [6.07, 6.45) is 0. The fraction of sp³-hybridized carbons (Fsp3) is 0.200. The quantitative estimate of drug-likeness (QED) is 0.479. The number of nitrogens with one attached hydrogen (secondary N) is 2. The summed E-state index contributed by atoms with van der Waals surface area (Å²) in [7, 11) is 1.82. The average molecular weight is 428 g/mol. The van der Waals surface area contributed by atoms with Crippen LogP contribution in [0.3, 0.4) is 0 Å². The zero-order chi connectivity index (χ0) is 22.8. The maximum Gasteiger partial charge on any atom is 0.256 e. The van der Waals surface area contributed by atoms with Crippen LogP contribution < -0.4 is 10.6 Å². The van der Waals surface area contributed by atoms with E-state index in [1.807, 2.05) is 58.2 Å². The van der Waals surface area contributed by atoms with Gasteiger partial charge in [0.1, 0.15) is 0 Å². The first-order valence-corrected chi connectivity index (χ1v) is 10.5. The summed E-state index contributed by atoms with van der Waals surface area (Å²) < 4.78 is 1.69. The molecule has 2 amide bonds. The number of aromatic nitrogens is 3. The van der Waals surface area contributed by atoms with Gasteiger partial charge in [0.25, 0.3) is 5.91 Å². The van der Waals surface area contributed by atoms with Crippen LogP contribution in [0.1, 0.15) is 29.9 Å². The minimum atomic E-state index is -0.246. The molecule has 0 fully saturated rings. The lowest BCUT2D eigenvalue weighted by molar-refractivity contribution is -0.118. The van der Waals surface area contributed by atoms with Crippen molar-refractivity contribution in [3.8, 4) is 11.3 Å².